The summed E-state index contributed by atoms with van der Waals surface area (Å²) in [5.41, 5.74) is 0. The lowest BCUT2D eigenvalue weighted by Gasteiger charge is -2.09. The van der Waals surface area contributed by atoms with Gasteiger partial charge in [0.1, 0.15) is 0 Å². The number of methoxy groups -OCH3 is 1. The molecular formula is C8H12F3N3OS. The first kappa shape index (κ1) is 13.2. The van der Waals surface area contributed by atoms with Gasteiger partial charge in [-0.1, -0.05) is 6.92 Å². The average Bonchev–Trinajstić information content (AvgIpc) is 2.63. The Kier molecular flexibility index (Phi) is 4.48. The molecule has 8 heteroatoms. The topological polar surface area (TPSA) is 47.0 Å². The molecule has 0 spiro atoms. The van der Waals surface area contributed by atoms with Crippen molar-refractivity contribution in [3.63, 3.8) is 0 Å². The second-order valence-electron chi connectivity index (χ2n) is 3.36. The fourth-order valence-corrected chi connectivity index (χ4v) is 1.61. The van der Waals surface area contributed by atoms with E-state index in [4.69, 9.17) is 4.74 Å². The number of rotatable bonds is 5. The lowest BCUT2D eigenvalue weighted by Crippen LogP contribution is -2.16. The van der Waals surface area contributed by atoms with Gasteiger partial charge >= 0.3 is 6.18 Å². The van der Waals surface area contributed by atoms with Crippen molar-refractivity contribution in [1.82, 2.24) is 9.36 Å². The summed E-state index contributed by atoms with van der Waals surface area (Å²) >= 11 is 0.703. The zero-order valence-corrected chi connectivity index (χ0v) is 9.65. The maximum Gasteiger partial charge on any atom is 0.452 e. The third-order valence-electron chi connectivity index (χ3n) is 1.73. The van der Waals surface area contributed by atoms with E-state index in [1.807, 2.05) is 6.92 Å². The summed E-state index contributed by atoms with van der Waals surface area (Å²) in [4.78, 5) is 3.34. The molecule has 92 valence electrons. The molecule has 1 aromatic rings. The Hall–Kier alpha value is -0.890. The van der Waals surface area contributed by atoms with Crippen molar-refractivity contribution in [2.45, 2.75) is 13.1 Å². The maximum absolute atomic E-state index is 12.2. The molecular weight excluding hydrogens is 243 g/mol. The number of hydrogen-bond acceptors (Lipinski definition) is 5. The highest BCUT2D eigenvalue weighted by Crippen LogP contribution is 2.28. The third-order valence-corrected chi connectivity index (χ3v) is 2.41. The average molecular weight is 255 g/mol. The minimum Gasteiger partial charge on any atom is -0.384 e. The lowest BCUT2D eigenvalue weighted by atomic mass is 10.2. The Morgan fingerprint density at radius 3 is 2.69 bits per heavy atom. The summed E-state index contributed by atoms with van der Waals surface area (Å²) in [6, 6.07) is 0. The molecule has 1 N–H and O–H groups in total. The SMILES string of the molecule is COCC(C)CNc1nc(C(F)(F)F)ns1. The molecule has 1 heterocycles. The van der Waals surface area contributed by atoms with Crippen molar-refractivity contribution in [1.29, 1.82) is 0 Å². The van der Waals surface area contributed by atoms with Crippen LogP contribution in [0.1, 0.15) is 12.7 Å². The molecule has 1 aromatic heterocycles. The van der Waals surface area contributed by atoms with Crippen molar-refractivity contribution >= 4 is 16.7 Å². The highest BCUT2D eigenvalue weighted by atomic mass is 32.1. The van der Waals surface area contributed by atoms with Gasteiger partial charge in [-0.25, -0.2) is 0 Å². The van der Waals surface area contributed by atoms with Gasteiger partial charge in [0.05, 0.1) is 6.61 Å². The van der Waals surface area contributed by atoms with Gasteiger partial charge in [0, 0.05) is 25.2 Å². The van der Waals surface area contributed by atoms with Gasteiger partial charge in [0.15, 0.2) is 0 Å². The van der Waals surface area contributed by atoms with E-state index in [2.05, 4.69) is 14.7 Å². The molecule has 0 fully saturated rings. The standard InChI is InChI=1S/C8H12F3N3OS/c1-5(4-15-2)3-12-7-13-6(14-16-7)8(9,10)11/h5H,3-4H2,1-2H3,(H,12,13,14). The second kappa shape index (κ2) is 5.44. The number of alkyl halides is 3. The highest BCUT2D eigenvalue weighted by molar-refractivity contribution is 7.09. The number of aromatic nitrogens is 2. The van der Waals surface area contributed by atoms with E-state index < -0.39 is 12.0 Å². The van der Waals surface area contributed by atoms with Crippen LogP contribution < -0.4 is 5.32 Å². The number of nitrogens with one attached hydrogen (secondary N) is 1. The van der Waals surface area contributed by atoms with Crippen LogP contribution in [0, 0.1) is 5.92 Å². The molecule has 0 saturated heterocycles. The van der Waals surface area contributed by atoms with Crippen LogP contribution in [0.2, 0.25) is 0 Å². The summed E-state index contributed by atoms with van der Waals surface area (Å²) in [7, 11) is 1.57. The number of halogens is 3. The van der Waals surface area contributed by atoms with Crippen LogP contribution in [0.15, 0.2) is 0 Å². The van der Waals surface area contributed by atoms with Gasteiger partial charge in [-0.2, -0.15) is 22.5 Å². The van der Waals surface area contributed by atoms with Gasteiger partial charge in [-0.15, -0.1) is 0 Å². The predicted octanol–water partition coefficient (Wildman–Crippen LogP) is 2.25. The van der Waals surface area contributed by atoms with Crippen molar-refractivity contribution in [2.24, 2.45) is 5.92 Å². The van der Waals surface area contributed by atoms with E-state index in [-0.39, 0.29) is 11.0 Å². The van der Waals surface area contributed by atoms with Crippen molar-refractivity contribution in [3.05, 3.63) is 5.82 Å². The van der Waals surface area contributed by atoms with Gasteiger partial charge < -0.3 is 10.1 Å². The van der Waals surface area contributed by atoms with E-state index in [9.17, 15) is 13.2 Å². The summed E-state index contributed by atoms with van der Waals surface area (Å²) in [6.07, 6.45) is -4.48. The Bertz CT molecular complexity index is 329. The quantitative estimate of drug-likeness (QED) is 0.876. The fourth-order valence-electron chi connectivity index (χ4n) is 1.02. The first-order chi connectivity index (χ1) is 7.43. The summed E-state index contributed by atoms with van der Waals surface area (Å²) < 4.78 is 44.6. The summed E-state index contributed by atoms with van der Waals surface area (Å²) in [6.45, 7) is 2.96. The number of ether oxygens (including phenoxy) is 1. The molecule has 0 aliphatic rings. The molecule has 0 radical (unpaired) electrons. The second-order valence-corrected chi connectivity index (χ2v) is 4.11. The maximum atomic E-state index is 12.2. The van der Waals surface area contributed by atoms with Gasteiger partial charge in [-0.3, -0.25) is 0 Å². The smallest absolute Gasteiger partial charge is 0.384 e. The lowest BCUT2D eigenvalue weighted by molar-refractivity contribution is -0.144. The summed E-state index contributed by atoms with van der Waals surface area (Å²) in [5, 5.41) is 2.96. The molecule has 0 saturated carbocycles. The molecule has 4 nitrogen and oxygen atoms in total. The minimum atomic E-state index is -4.48. The number of anilines is 1. The van der Waals surface area contributed by atoms with Gasteiger partial charge in [0.25, 0.3) is 0 Å². The molecule has 0 aliphatic heterocycles. The van der Waals surface area contributed by atoms with Gasteiger partial charge in [0.2, 0.25) is 11.0 Å². The number of hydrogen-bond donors (Lipinski definition) is 1. The zero-order chi connectivity index (χ0) is 12.2. The van der Waals surface area contributed by atoms with Crippen molar-refractivity contribution in [2.75, 3.05) is 25.6 Å². The first-order valence-electron chi connectivity index (χ1n) is 4.57. The van der Waals surface area contributed by atoms with E-state index in [1.165, 1.54) is 0 Å². The fraction of sp³-hybridized carbons (Fsp3) is 0.750. The molecule has 0 amide bonds. The van der Waals surface area contributed by atoms with E-state index in [0.717, 1.165) is 0 Å². The summed E-state index contributed by atoms with van der Waals surface area (Å²) in [5.74, 6) is -0.900. The van der Waals surface area contributed by atoms with E-state index in [1.54, 1.807) is 7.11 Å². The molecule has 1 unspecified atom stereocenters. The Morgan fingerprint density at radius 2 is 2.19 bits per heavy atom. The number of nitrogens with zero attached hydrogens (tertiary/aromatic N) is 2. The van der Waals surface area contributed by atoms with Crippen LogP contribution in [0.3, 0.4) is 0 Å². The minimum absolute atomic E-state index is 0.176. The van der Waals surface area contributed by atoms with Crippen LogP contribution in [0.4, 0.5) is 18.3 Å². The zero-order valence-electron chi connectivity index (χ0n) is 8.84. The first-order valence-corrected chi connectivity index (χ1v) is 5.34. The predicted molar refractivity (Wildman–Crippen MR) is 54.4 cm³/mol. The molecule has 1 atom stereocenters. The Balaban J connectivity index is 2.47. The van der Waals surface area contributed by atoms with Crippen LogP contribution in [-0.4, -0.2) is 29.6 Å². The molecule has 0 aromatic carbocycles. The molecule has 0 bridgehead atoms. The van der Waals surface area contributed by atoms with Crippen molar-refractivity contribution in [3.8, 4) is 0 Å². The van der Waals surface area contributed by atoms with Crippen molar-refractivity contribution < 1.29 is 17.9 Å². The van der Waals surface area contributed by atoms with Crippen LogP contribution in [0.5, 0.6) is 0 Å². The van der Waals surface area contributed by atoms with E-state index in [0.29, 0.717) is 24.7 Å². The highest BCUT2D eigenvalue weighted by Gasteiger charge is 2.36. The van der Waals surface area contributed by atoms with Crippen LogP contribution in [-0.2, 0) is 10.9 Å². The largest absolute Gasteiger partial charge is 0.452 e. The third kappa shape index (κ3) is 3.93. The molecule has 16 heavy (non-hydrogen) atoms. The normalized spacial score (nSPS) is 13.8. The van der Waals surface area contributed by atoms with E-state index >= 15 is 0 Å². The molecule has 0 aliphatic carbocycles. The Labute approximate surface area is 95.0 Å². The van der Waals surface area contributed by atoms with Crippen LogP contribution >= 0.6 is 11.5 Å². The van der Waals surface area contributed by atoms with Gasteiger partial charge in [-0.05, 0) is 5.92 Å². The monoisotopic (exact) mass is 255 g/mol. The Morgan fingerprint density at radius 1 is 1.50 bits per heavy atom. The molecule has 1 rings (SSSR count). The van der Waals surface area contributed by atoms with Crippen LogP contribution in [0.25, 0.3) is 0 Å².